The second kappa shape index (κ2) is 8.31. The average molecular weight is 382 g/mol. The van der Waals surface area contributed by atoms with E-state index in [1.165, 1.54) is 7.11 Å². The highest BCUT2D eigenvalue weighted by Gasteiger charge is 2.23. The smallest absolute Gasteiger partial charge is 0.310 e. The molecule has 3 aromatic rings. The van der Waals surface area contributed by atoms with Crippen LogP contribution in [0.5, 0.6) is 0 Å². The summed E-state index contributed by atoms with van der Waals surface area (Å²) in [5, 5.41) is 2.80. The van der Waals surface area contributed by atoms with E-state index in [0.29, 0.717) is 18.7 Å². The third kappa shape index (κ3) is 4.01. The van der Waals surface area contributed by atoms with Gasteiger partial charge in [0, 0.05) is 18.5 Å². The summed E-state index contributed by atoms with van der Waals surface area (Å²) in [5.41, 5.74) is 2.16. The lowest BCUT2D eigenvalue weighted by molar-refractivity contribution is -0.145. The number of benzene rings is 1. The number of carbonyl (C=O) groups is 2. The van der Waals surface area contributed by atoms with Gasteiger partial charge in [-0.3, -0.25) is 9.59 Å². The Bertz CT molecular complexity index is 953. The lowest BCUT2D eigenvalue weighted by Crippen LogP contribution is -2.37. The van der Waals surface area contributed by atoms with Gasteiger partial charge in [-0.05, 0) is 30.5 Å². The lowest BCUT2D eigenvalue weighted by Gasteiger charge is -2.24. The predicted octanol–water partition coefficient (Wildman–Crippen LogP) is 4.23. The van der Waals surface area contributed by atoms with E-state index in [0.717, 1.165) is 21.5 Å². The summed E-state index contributed by atoms with van der Waals surface area (Å²) in [6.45, 7) is 4.49. The van der Waals surface area contributed by atoms with Crippen LogP contribution in [0.25, 0.3) is 21.5 Å². The summed E-state index contributed by atoms with van der Waals surface area (Å²) in [4.78, 5) is 32.5. The first-order valence-corrected chi connectivity index (χ1v) is 9.73. The van der Waals surface area contributed by atoms with Crippen molar-refractivity contribution < 1.29 is 14.3 Å². The minimum absolute atomic E-state index is 0.107. The van der Waals surface area contributed by atoms with Gasteiger partial charge in [0.05, 0.1) is 34.7 Å². The molecule has 1 atom stereocenters. The fourth-order valence-electron chi connectivity index (χ4n) is 3.04. The molecule has 3 rings (SSSR count). The number of hydrogen-bond donors (Lipinski definition) is 0. The van der Waals surface area contributed by atoms with Crippen LogP contribution < -0.4 is 0 Å². The monoisotopic (exact) mass is 382 g/mol. The van der Waals surface area contributed by atoms with Crippen LogP contribution in [0.4, 0.5) is 0 Å². The summed E-state index contributed by atoms with van der Waals surface area (Å²) >= 11 is 1.59. The van der Waals surface area contributed by atoms with Gasteiger partial charge in [-0.15, -0.1) is 11.3 Å². The second-order valence-electron chi connectivity index (χ2n) is 6.32. The molecule has 0 bridgehead atoms. The number of para-hydroxylation sites is 1. The third-order valence-electron chi connectivity index (χ3n) is 4.49. The largest absolute Gasteiger partial charge is 0.469 e. The van der Waals surface area contributed by atoms with Crippen molar-refractivity contribution in [3.8, 4) is 10.6 Å². The molecule has 0 saturated carbocycles. The molecule has 5 nitrogen and oxygen atoms in total. The number of pyridine rings is 1. The molecule has 0 radical (unpaired) electrons. The van der Waals surface area contributed by atoms with Crippen molar-refractivity contribution in [2.24, 2.45) is 5.92 Å². The van der Waals surface area contributed by atoms with Gasteiger partial charge in [-0.1, -0.05) is 31.2 Å². The Labute approximate surface area is 162 Å². The third-order valence-corrected chi connectivity index (χ3v) is 5.38. The van der Waals surface area contributed by atoms with Crippen LogP contribution in [-0.4, -0.2) is 42.0 Å². The Morgan fingerprint density at radius 3 is 2.67 bits per heavy atom. The number of nitrogens with zero attached hydrogens (tertiary/aromatic N) is 2. The van der Waals surface area contributed by atoms with E-state index in [4.69, 9.17) is 9.72 Å². The lowest BCUT2D eigenvalue weighted by atomic mass is 10.0. The molecule has 2 aromatic heterocycles. The van der Waals surface area contributed by atoms with Crippen LogP contribution >= 0.6 is 11.3 Å². The maximum atomic E-state index is 13.3. The summed E-state index contributed by atoms with van der Waals surface area (Å²) in [7, 11) is 1.36. The molecular formula is C21H22N2O3S. The van der Waals surface area contributed by atoms with Crippen LogP contribution in [-0.2, 0) is 9.53 Å². The Balaban J connectivity index is 2.03. The van der Waals surface area contributed by atoms with Gasteiger partial charge in [0.15, 0.2) is 0 Å². The zero-order valence-electron chi connectivity index (χ0n) is 15.6. The topological polar surface area (TPSA) is 59.5 Å². The van der Waals surface area contributed by atoms with E-state index in [1.54, 1.807) is 23.2 Å². The number of carbonyl (C=O) groups excluding carboxylic acids is 2. The van der Waals surface area contributed by atoms with E-state index in [1.807, 2.05) is 54.8 Å². The average Bonchev–Trinajstić information content (AvgIpc) is 3.24. The molecule has 6 heteroatoms. The summed E-state index contributed by atoms with van der Waals surface area (Å²) in [6.07, 6.45) is 0. The molecule has 1 aromatic carbocycles. The zero-order chi connectivity index (χ0) is 19.4. The molecule has 0 fully saturated rings. The Morgan fingerprint density at radius 1 is 1.22 bits per heavy atom. The first-order chi connectivity index (χ1) is 13.0. The van der Waals surface area contributed by atoms with E-state index >= 15 is 0 Å². The number of esters is 1. The van der Waals surface area contributed by atoms with Crippen molar-refractivity contribution in [2.75, 3.05) is 20.2 Å². The van der Waals surface area contributed by atoms with Crippen molar-refractivity contribution in [2.45, 2.75) is 13.8 Å². The SMILES string of the molecule is CCN(CC(C)C(=O)OC)C(=O)c1cc(-c2cccs2)nc2ccccc12. The number of thiophene rings is 1. The minimum atomic E-state index is -0.385. The van der Waals surface area contributed by atoms with Crippen LogP contribution in [0.15, 0.2) is 47.8 Å². The molecular weight excluding hydrogens is 360 g/mol. The minimum Gasteiger partial charge on any atom is -0.469 e. The molecule has 0 saturated heterocycles. The molecule has 1 amide bonds. The van der Waals surface area contributed by atoms with E-state index in [9.17, 15) is 9.59 Å². The molecule has 140 valence electrons. The molecule has 0 aliphatic rings. The maximum Gasteiger partial charge on any atom is 0.310 e. The Hall–Kier alpha value is -2.73. The van der Waals surface area contributed by atoms with Gasteiger partial charge in [-0.2, -0.15) is 0 Å². The highest BCUT2D eigenvalue weighted by atomic mass is 32.1. The highest BCUT2D eigenvalue weighted by Crippen LogP contribution is 2.28. The predicted molar refractivity (Wildman–Crippen MR) is 108 cm³/mol. The van der Waals surface area contributed by atoms with Crippen molar-refractivity contribution in [3.05, 3.63) is 53.4 Å². The number of methoxy groups -OCH3 is 1. The molecule has 0 aliphatic heterocycles. The van der Waals surface area contributed by atoms with Gasteiger partial charge in [0.2, 0.25) is 0 Å². The quantitative estimate of drug-likeness (QED) is 0.599. The van der Waals surface area contributed by atoms with E-state index in [-0.39, 0.29) is 17.8 Å². The number of ether oxygens (including phenoxy) is 1. The molecule has 0 aliphatic carbocycles. The van der Waals surface area contributed by atoms with E-state index < -0.39 is 0 Å². The fourth-order valence-corrected chi connectivity index (χ4v) is 3.72. The zero-order valence-corrected chi connectivity index (χ0v) is 16.5. The number of aromatic nitrogens is 1. The fraction of sp³-hybridized carbons (Fsp3) is 0.286. The first kappa shape index (κ1) is 19.0. The maximum absolute atomic E-state index is 13.3. The molecule has 0 N–H and O–H groups in total. The summed E-state index contributed by atoms with van der Waals surface area (Å²) in [6, 6.07) is 13.4. The molecule has 27 heavy (non-hydrogen) atoms. The Kier molecular flexibility index (Phi) is 5.86. The molecule has 0 spiro atoms. The van der Waals surface area contributed by atoms with Crippen LogP contribution in [0, 0.1) is 5.92 Å². The van der Waals surface area contributed by atoms with Gasteiger partial charge in [0.25, 0.3) is 5.91 Å². The Morgan fingerprint density at radius 2 is 2.00 bits per heavy atom. The highest BCUT2D eigenvalue weighted by molar-refractivity contribution is 7.13. The normalized spacial score (nSPS) is 12.0. The second-order valence-corrected chi connectivity index (χ2v) is 7.27. The van der Waals surface area contributed by atoms with Crippen molar-refractivity contribution in [1.29, 1.82) is 0 Å². The van der Waals surface area contributed by atoms with Gasteiger partial charge >= 0.3 is 5.97 Å². The van der Waals surface area contributed by atoms with E-state index in [2.05, 4.69) is 0 Å². The van der Waals surface area contributed by atoms with Gasteiger partial charge in [-0.25, -0.2) is 4.98 Å². The van der Waals surface area contributed by atoms with Crippen molar-refractivity contribution in [1.82, 2.24) is 9.88 Å². The number of fused-ring (bicyclic) bond motifs is 1. The van der Waals surface area contributed by atoms with Crippen molar-refractivity contribution in [3.63, 3.8) is 0 Å². The van der Waals surface area contributed by atoms with Gasteiger partial charge in [0.1, 0.15) is 0 Å². The number of rotatable bonds is 6. The summed E-state index contributed by atoms with van der Waals surface area (Å²) in [5.74, 6) is -0.812. The summed E-state index contributed by atoms with van der Waals surface area (Å²) < 4.78 is 4.80. The van der Waals surface area contributed by atoms with Gasteiger partial charge < -0.3 is 9.64 Å². The first-order valence-electron chi connectivity index (χ1n) is 8.86. The van der Waals surface area contributed by atoms with Crippen LogP contribution in [0.2, 0.25) is 0 Å². The standard InChI is InChI=1S/C21H22N2O3S/c1-4-23(13-14(2)21(25)26-3)20(24)16-12-18(19-10-7-11-27-19)22-17-9-6-5-8-15(16)17/h5-12,14H,4,13H2,1-3H3. The van der Waals surface area contributed by atoms with Crippen molar-refractivity contribution >= 4 is 34.1 Å². The number of hydrogen-bond acceptors (Lipinski definition) is 5. The molecule has 1 unspecified atom stereocenters. The molecule has 2 heterocycles. The number of amides is 1. The van der Waals surface area contributed by atoms with Crippen LogP contribution in [0.3, 0.4) is 0 Å². The van der Waals surface area contributed by atoms with Crippen LogP contribution in [0.1, 0.15) is 24.2 Å².